The number of pyridine rings is 2. The summed E-state index contributed by atoms with van der Waals surface area (Å²) in [6.07, 6.45) is 3.09. The van der Waals surface area contributed by atoms with Gasteiger partial charge in [-0.2, -0.15) is 15.0 Å². The normalized spacial score (nSPS) is 19.1. The lowest BCUT2D eigenvalue weighted by Crippen LogP contribution is -2.42. The summed E-state index contributed by atoms with van der Waals surface area (Å²) in [6, 6.07) is 5.12. The highest BCUT2D eigenvalue weighted by Crippen LogP contribution is 2.28. The maximum absolute atomic E-state index is 14.1. The lowest BCUT2D eigenvalue weighted by atomic mass is 10.0. The van der Waals surface area contributed by atoms with Crippen molar-refractivity contribution in [1.82, 2.24) is 25.1 Å². The minimum Gasteiger partial charge on any atom is -0.387 e. The Bertz CT molecular complexity index is 1250. The quantitative estimate of drug-likeness (QED) is 0.485. The Morgan fingerprint density at radius 1 is 1.32 bits per heavy atom. The minimum atomic E-state index is -1.66. The molecule has 1 saturated carbocycles. The van der Waals surface area contributed by atoms with Crippen LogP contribution in [0.15, 0.2) is 30.7 Å². The number of amides is 1. The van der Waals surface area contributed by atoms with Gasteiger partial charge in [0.15, 0.2) is 11.5 Å². The average molecular weight is 469 g/mol. The fourth-order valence-electron chi connectivity index (χ4n) is 3.82. The van der Waals surface area contributed by atoms with Crippen molar-refractivity contribution in [3.63, 3.8) is 0 Å². The van der Waals surface area contributed by atoms with Crippen LogP contribution < -0.4 is 10.6 Å². The molecule has 1 fully saturated rings. The van der Waals surface area contributed by atoms with Crippen molar-refractivity contribution < 1.29 is 18.7 Å². The molecule has 3 heterocycles. The van der Waals surface area contributed by atoms with E-state index in [1.54, 1.807) is 18.3 Å². The lowest BCUT2D eigenvalue weighted by molar-refractivity contribution is -0.00177. The summed E-state index contributed by atoms with van der Waals surface area (Å²) < 4.78 is 29.4. The molecule has 1 aliphatic carbocycles. The summed E-state index contributed by atoms with van der Waals surface area (Å²) in [5, 5.41) is 29.5. The average Bonchev–Trinajstić information content (AvgIpc) is 3.41. The van der Waals surface area contributed by atoms with E-state index in [0.29, 0.717) is 47.4 Å². The molecule has 0 saturated heterocycles. The van der Waals surface area contributed by atoms with Crippen molar-refractivity contribution in [3.05, 3.63) is 41.9 Å². The monoisotopic (exact) mass is 469 g/mol. The SMILES string of the molecule is CC(C)(O)C(F)CNC(=O)c1cnc(-n2ncc3cc(C#N)cnc32)cc1NC1CCC(F)C1. The zero-order valence-electron chi connectivity index (χ0n) is 18.8. The molecule has 1 amide bonds. The molecule has 3 N–H and O–H groups in total. The highest BCUT2D eigenvalue weighted by molar-refractivity contribution is 5.99. The Morgan fingerprint density at radius 2 is 2.12 bits per heavy atom. The van der Waals surface area contributed by atoms with E-state index in [1.165, 1.54) is 30.9 Å². The van der Waals surface area contributed by atoms with Crippen LogP contribution in [0.5, 0.6) is 0 Å². The summed E-state index contributed by atoms with van der Waals surface area (Å²) in [4.78, 5) is 21.5. The molecule has 3 unspecified atom stereocenters. The Hall–Kier alpha value is -3.65. The first-order chi connectivity index (χ1) is 16.2. The number of nitriles is 1. The third kappa shape index (κ3) is 4.97. The molecule has 1 aliphatic rings. The van der Waals surface area contributed by atoms with Crippen LogP contribution in [0.25, 0.3) is 16.9 Å². The number of aromatic nitrogens is 4. The van der Waals surface area contributed by atoms with Gasteiger partial charge in [0.1, 0.15) is 18.4 Å². The van der Waals surface area contributed by atoms with Gasteiger partial charge in [-0.3, -0.25) is 4.79 Å². The van der Waals surface area contributed by atoms with Gasteiger partial charge in [-0.05, 0) is 39.2 Å². The van der Waals surface area contributed by atoms with E-state index in [1.807, 2.05) is 6.07 Å². The molecule has 34 heavy (non-hydrogen) atoms. The molecule has 3 atom stereocenters. The topological polar surface area (TPSA) is 129 Å². The van der Waals surface area contributed by atoms with Crippen molar-refractivity contribution >= 4 is 22.6 Å². The van der Waals surface area contributed by atoms with Gasteiger partial charge in [0, 0.05) is 29.9 Å². The van der Waals surface area contributed by atoms with Crippen molar-refractivity contribution in [3.8, 4) is 11.9 Å². The molecule has 0 aliphatic heterocycles. The predicted molar refractivity (Wildman–Crippen MR) is 121 cm³/mol. The van der Waals surface area contributed by atoms with Crippen LogP contribution >= 0.6 is 0 Å². The molecule has 0 bridgehead atoms. The van der Waals surface area contributed by atoms with Gasteiger partial charge < -0.3 is 15.7 Å². The van der Waals surface area contributed by atoms with E-state index in [-0.39, 0.29) is 18.2 Å². The summed E-state index contributed by atoms with van der Waals surface area (Å²) >= 11 is 0. The van der Waals surface area contributed by atoms with Gasteiger partial charge in [0.25, 0.3) is 5.91 Å². The van der Waals surface area contributed by atoms with Gasteiger partial charge in [-0.25, -0.2) is 18.7 Å². The first-order valence-electron chi connectivity index (χ1n) is 10.9. The van der Waals surface area contributed by atoms with Crippen LogP contribution in [0, 0.1) is 11.3 Å². The van der Waals surface area contributed by atoms with E-state index in [4.69, 9.17) is 5.26 Å². The van der Waals surface area contributed by atoms with Gasteiger partial charge >= 0.3 is 0 Å². The molecule has 0 radical (unpaired) electrons. The number of hydrogen-bond donors (Lipinski definition) is 3. The number of rotatable bonds is 7. The molecule has 0 spiro atoms. The van der Waals surface area contributed by atoms with Crippen LogP contribution in [0.1, 0.15) is 49.0 Å². The van der Waals surface area contributed by atoms with Gasteiger partial charge in [-0.15, -0.1) is 0 Å². The number of halogens is 2. The molecular weight excluding hydrogens is 444 g/mol. The molecular formula is C23H25F2N7O2. The molecule has 4 rings (SSSR count). The fourth-order valence-corrected chi connectivity index (χ4v) is 3.82. The number of carbonyl (C=O) groups is 1. The second kappa shape index (κ2) is 9.30. The lowest BCUT2D eigenvalue weighted by Gasteiger charge is -2.23. The van der Waals surface area contributed by atoms with E-state index in [2.05, 4.69) is 25.7 Å². The Morgan fingerprint density at radius 3 is 2.79 bits per heavy atom. The highest BCUT2D eigenvalue weighted by Gasteiger charge is 2.29. The Kier molecular flexibility index (Phi) is 6.43. The smallest absolute Gasteiger partial charge is 0.255 e. The van der Waals surface area contributed by atoms with Gasteiger partial charge in [-0.1, -0.05) is 0 Å². The number of nitrogens with one attached hydrogen (secondary N) is 2. The van der Waals surface area contributed by atoms with Crippen LogP contribution in [-0.2, 0) is 0 Å². The third-order valence-corrected chi connectivity index (χ3v) is 5.82. The van der Waals surface area contributed by atoms with E-state index < -0.39 is 23.9 Å². The first-order valence-corrected chi connectivity index (χ1v) is 10.9. The summed E-state index contributed by atoms with van der Waals surface area (Å²) in [7, 11) is 0. The maximum atomic E-state index is 14.1. The Balaban J connectivity index is 1.66. The largest absolute Gasteiger partial charge is 0.387 e. The predicted octanol–water partition coefficient (Wildman–Crippen LogP) is 2.83. The number of anilines is 1. The summed E-state index contributed by atoms with van der Waals surface area (Å²) in [5.41, 5.74) is -0.170. The van der Waals surface area contributed by atoms with Gasteiger partial charge in [0.05, 0.1) is 35.2 Å². The highest BCUT2D eigenvalue weighted by atomic mass is 19.1. The second-order valence-corrected chi connectivity index (χ2v) is 8.98. The second-order valence-electron chi connectivity index (χ2n) is 8.98. The van der Waals surface area contributed by atoms with Crippen LogP contribution in [-0.4, -0.2) is 61.3 Å². The van der Waals surface area contributed by atoms with Crippen molar-refractivity contribution in [2.75, 3.05) is 11.9 Å². The minimum absolute atomic E-state index is 0.158. The molecule has 9 nitrogen and oxygen atoms in total. The fraction of sp³-hybridized carbons (Fsp3) is 0.435. The van der Waals surface area contributed by atoms with Crippen LogP contribution in [0.2, 0.25) is 0 Å². The molecule has 3 aromatic rings. The van der Waals surface area contributed by atoms with Gasteiger partial charge in [0.2, 0.25) is 0 Å². The number of hydrogen-bond acceptors (Lipinski definition) is 7. The zero-order valence-corrected chi connectivity index (χ0v) is 18.8. The van der Waals surface area contributed by atoms with Crippen LogP contribution in [0.3, 0.4) is 0 Å². The standard InChI is InChI=1S/C23H25F2N7O2/c1-23(2,34)19(25)12-29-22(33)17-11-27-20(7-18(17)31-16-4-3-15(24)6-16)32-21-14(10-30-32)5-13(8-26)9-28-21/h5,7,9-11,15-16,19,34H,3-4,6,12H2,1-2H3,(H,27,31)(H,29,33). The number of nitrogens with zero attached hydrogens (tertiary/aromatic N) is 5. The first kappa shape index (κ1) is 23.5. The number of aliphatic hydroxyl groups is 1. The number of alkyl halides is 2. The van der Waals surface area contributed by atoms with Crippen molar-refractivity contribution in [2.24, 2.45) is 0 Å². The summed E-state index contributed by atoms with van der Waals surface area (Å²) in [6.45, 7) is 2.26. The third-order valence-electron chi connectivity index (χ3n) is 5.82. The maximum Gasteiger partial charge on any atom is 0.255 e. The van der Waals surface area contributed by atoms with Crippen molar-refractivity contribution in [1.29, 1.82) is 5.26 Å². The zero-order chi connectivity index (χ0) is 24.5. The molecule has 3 aromatic heterocycles. The molecule has 178 valence electrons. The summed E-state index contributed by atoms with van der Waals surface area (Å²) in [5.74, 6) is -0.216. The van der Waals surface area contributed by atoms with E-state index in [9.17, 15) is 18.7 Å². The number of carbonyl (C=O) groups excluding carboxylic acids is 1. The molecule has 0 aromatic carbocycles. The van der Waals surface area contributed by atoms with Crippen LogP contribution in [0.4, 0.5) is 14.5 Å². The molecule has 11 heteroatoms. The Labute approximate surface area is 194 Å². The van der Waals surface area contributed by atoms with E-state index >= 15 is 0 Å². The number of fused-ring (bicyclic) bond motifs is 1. The van der Waals surface area contributed by atoms with Crippen molar-refractivity contribution in [2.45, 2.75) is 57.1 Å². The van der Waals surface area contributed by atoms with E-state index in [0.717, 1.165) is 0 Å².